The van der Waals surface area contributed by atoms with Crippen LogP contribution >= 0.6 is 0 Å². The summed E-state index contributed by atoms with van der Waals surface area (Å²) in [5.74, 6) is 0.203. The van der Waals surface area contributed by atoms with Crippen molar-refractivity contribution in [2.45, 2.75) is 0 Å². The highest BCUT2D eigenvalue weighted by molar-refractivity contribution is 6.11. The van der Waals surface area contributed by atoms with E-state index in [1.54, 1.807) is 61.7 Å². The quantitative estimate of drug-likeness (QED) is 0.583. The molecule has 3 aromatic carbocycles. The van der Waals surface area contributed by atoms with E-state index in [2.05, 4.69) is 10.6 Å². The second-order valence-corrected chi connectivity index (χ2v) is 6.31. The number of nitrogens with one attached hydrogen (secondary N) is 2. The average molecular weight is 402 g/mol. The van der Waals surface area contributed by atoms with Crippen molar-refractivity contribution in [2.75, 3.05) is 19.5 Å². The maximum Gasteiger partial charge on any atom is 0.272 e. The van der Waals surface area contributed by atoms with Crippen LogP contribution in [-0.2, 0) is 4.79 Å². The molecule has 0 aliphatic rings. The highest BCUT2D eigenvalue weighted by Crippen LogP contribution is 2.19. The van der Waals surface area contributed by atoms with Crippen molar-refractivity contribution in [1.29, 1.82) is 0 Å². The molecule has 6 nitrogen and oxygen atoms in total. The summed E-state index contributed by atoms with van der Waals surface area (Å²) in [4.78, 5) is 25.8. The van der Waals surface area contributed by atoms with Crippen LogP contribution in [0.5, 0.6) is 11.5 Å². The Balaban J connectivity index is 1.87. The minimum absolute atomic E-state index is 0.105. The molecule has 0 aliphatic heterocycles. The van der Waals surface area contributed by atoms with Crippen LogP contribution in [0.1, 0.15) is 15.9 Å². The predicted octanol–water partition coefficient (Wildman–Crippen LogP) is 4.11. The van der Waals surface area contributed by atoms with Gasteiger partial charge in [-0.3, -0.25) is 9.59 Å². The average Bonchev–Trinajstić information content (AvgIpc) is 2.79. The molecule has 0 saturated carbocycles. The van der Waals surface area contributed by atoms with Crippen molar-refractivity contribution in [3.05, 3.63) is 95.7 Å². The number of carbonyl (C=O) groups is 2. The van der Waals surface area contributed by atoms with Gasteiger partial charge >= 0.3 is 0 Å². The van der Waals surface area contributed by atoms with Gasteiger partial charge in [0.1, 0.15) is 17.2 Å². The third kappa shape index (κ3) is 5.26. The Hall–Kier alpha value is -4.06. The van der Waals surface area contributed by atoms with Crippen LogP contribution in [-0.4, -0.2) is 26.0 Å². The fourth-order valence-corrected chi connectivity index (χ4v) is 2.77. The summed E-state index contributed by atoms with van der Waals surface area (Å²) in [6.45, 7) is 0. The Morgan fingerprint density at radius 2 is 1.47 bits per heavy atom. The molecule has 0 aliphatic carbocycles. The summed E-state index contributed by atoms with van der Waals surface area (Å²) in [6, 6.07) is 23.0. The normalized spacial score (nSPS) is 10.8. The van der Waals surface area contributed by atoms with E-state index in [4.69, 9.17) is 9.47 Å². The number of methoxy groups -OCH3 is 2. The predicted molar refractivity (Wildman–Crippen MR) is 117 cm³/mol. The lowest BCUT2D eigenvalue weighted by molar-refractivity contribution is -0.113. The number of hydrogen-bond donors (Lipinski definition) is 2. The Labute approximate surface area is 175 Å². The van der Waals surface area contributed by atoms with Gasteiger partial charge in [0.15, 0.2) is 0 Å². The van der Waals surface area contributed by atoms with Gasteiger partial charge in [-0.15, -0.1) is 0 Å². The second-order valence-electron chi connectivity index (χ2n) is 6.31. The summed E-state index contributed by atoms with van der Waals surface area (Å²) in [7, 11) is 3.06. The van der Waals surface area contributed by atoms with E-state index in [9.17, 15) is 9.59 Å². The molecule has 0 fully saturated rings. The molecule has 0 radical (unpaired) electrons. The van der Waals surface area contributed by atoms with Crippen molar-refractivity contribution < 1.29 is 19.1 Å². The van der Waals surface area contributed by atoms with E-state index >= 15 is 0 Å². The van der Waals surface area contributed by atoms with Crippen molar-refractivity contribution in [3.63, 3.8) is 0 Å². The van der Waals surface area contributed by atoms with Gasteiger partial charge in [-0.2, -0.15) is 0 Å². The molecule has 0 bridgehead atoms. The van der Waals surface area contributed by atoms with Gasteiger partial charge in [-0.1, -0.05) is 42.5 Å². The molecule has 2 N–H and O–H groups in total. The molecule has 3 aromatic rings. The van der Waals surface area contributed by atoms with Gasteiger partial charge in [0.05, 0.1) is 19.8 Å². The Kier molecular flexibility index (Phi) is 6.84. The van der Waals surface area contributed by atoms with Gasteiger partial charge < -0.3 is 20.1 Å². The van der Waals surface area contributed by atoms with Crippen LogP contribution in [0, 0.1) is 0 Å². The van der Waals surface area contributed by atoms with Crippen molar-refractivity contribution in [1.82, 2.24) is 5.32 Å². The van der Waals surface area contributed by atoms with Gasteiger partial charge in [0, 0.05) is 5.69 Å². The molecule has 30 heavy (non-hydrogen) atoms. The molecule has 3 rings (SSSR count). The molecule has 152 valence electrons. The first-order chi connectivity index (χ1) is 14.6. The third-order valence-corrected chi connectivity index (χ3v) is 4.30. The minimum atomic E-state index is -0.452. The first-order valence-electron chi connectivity index (χ1n) is 9.27. The van der Waals surface area contributed by atoms with E-state index in [-0.39, 0.29) is 5.70 Å². The smallest absolute Gasteiger partial charge is 0.272 e. The lowest BCUT2D eigenvalue weighted by atomic mass is 10.1. The molecule has 0 aromatic heterocycles. The van der Waals surface area contributed by atoms with Crippen LogP contribution in [0.4, 0.5) is 5.69 Å². The maximum atomic E-state index is 12.9. The van der Waals surface area contributed by atoms with Gasteiger partial charge in [-0.05, 0) is 48.0 Å². The first-order valence-corrected chi connectivity index (χ1v) is 9.27. The van der Waals surface area contributed by atoms with Crippen molar-refractivity contribution in [3.8, 4) is 11.5 Å². The fourth-order valence-electron chi connectivity index (χ4n) is 2.77. The zero-order valence-corrected chi connectivity index (χ0v) is 16.7. The minimum Gasteiger partial charge on any atom is -0.497 e. The molecular weight excluding hydrogens is 380 g/mol. The van der Waals surface area contributed by atoms with Crippen LogP contribution in [0.2, 0.25) is 0 Å². The SMILES string of the molecule is COc1ccc(NC(=O)C(=Cc2ccccc2)NC(=O)c2ccccc2OC)cc1. The number of amides is 2. The largest absolute Gasteiger partial charge is 0.497 e. The molecule has 0 heterocycles. The summed E-state index contributed by atoms with van der Waals surface area (Å²) in [6.07, 6.45) is 1.62. The van der Waals surface area contributed by atoms with E-state index in [0.29, 0.717) is 22.7 Å². The number of rotatable bonds is 7. The molecule has 0 saturated heterocycles. The van der Waals surface area contributed by atoms with Crippen LogP contribution < -0.4 is 20.1 Å². The van der Waals surface area contributed by atoms with Crippen LogP contribution in [0.25, 0.3) is 6.08 Å². The summed E-state index contributed by atoms with van der Waals surface area (Å²) >= 11 is 0. The number of ether oxygens (including phenoxy) is 2. The number of carbonyl (C=O) groups excluding carboxylic acids is 2. The van der Waals surface area contributed by atoms with E-state index in [1.165, 1.54) is 7.11 Å². The monoisotopic (exact) mass is 402 g/mol. The Bertz CT molecular complexity index is 1040. The van der Waals surface area contributed by atoms with Crippen molar-refractivity contribution >= 4 is 23.6 Å². The molecule has 2 amide bonds. The highest BCUT2D eigenvalue weighted by Gasteiger charge is 2.17. The standard InChI is InChI=1S/C24H22N2O4/c1-29-19-14-12-18(13-15-19)25-24(28)21(16-17-8-4-3-5-9-17)26-23(27)20-10-6-7-11-22(20)30-2/h3-16H,1-2H3,(H,25,28)(H,26,27). The van der Waals surface area contributed by atoms with Gasteiger partial charge in [-0.25, -0.2) is 0 Å². The van der Waals surface area contributed by atoms with Gasteiger partial charge in [0.2, 0.25) is 0 Å². The number of anilines is 1. The van der Waals surface area contributed by atoms with Crippen molar-refractivity contribution in [2.24, 2.45) is 0 Å². The summed E-state index contributed by atoms with van der Waals surface area (Å²) < 4.78 is 10.4. The topological polar surface area (TPSA) is 76.7 Å². The van der Waals surface area contributed by atoms with Crippen LogP contribution in [0.3, 0.4) is 0 Å². The lowest BCUT2D eigenvalue weighted by Crippen LogP contribution is -2.31. The molecular formula is C24H22N2O4. The third-order valence-electron chi connectivity index (χ3n) is 4.30. The van der Waals surface area contributed by atoms with E-state index in [0.717, 1.165) is 5.56 Å². The summed E-state index contributed by atoms with van der Waals surface area (Å²) in [5, 5.41) is 5.49. The Morgan fingerprint density at radius 1 is 0.800 bits per heavy atom. The first kappa shape index (κ1) is 20.7. The second kappa shape index (κ2) is 9.93. The number of hydrogen-bond acceptors (Lipinski definition) is 4. The maximum absolute atomic E-state index is 12.9. The van der Waals surface area contributed by atoms with E-state index < -0.39 is 11.8 Å². The zero-order valence-electron chi connectivity index (χ0n) is 16.7. The molecule has 0 atom stereocenters. The lowest BCUT2D eigenvalue weighted by Gasteiger charge is -2.13. The molecule has 0 unspecified atom stereocenters. The Morgan fingerprint density at radius 3 is 2.13 bits per heavy atom. The number of para-hydroxylation sites is 1. The molecule has 6 heteroatoms. The molecule has 0 spiro atoms. The number of benzene rings is 3. The van der Waals surface area contributed by atoms with Crippen LogP contribution in [0.15, 0.2) is 84.6 Å². The fraction of sp³-hybridized carbons (Fsp3) is 0.0833. The highest BCUT2D eigenvalue weighted by atomic mass is 16.5. The van der Waals surface area contributed by atoms with E-state index in [1.807, 2.05) is 30.3 Å². The zero-order chi connectivity index (χ0) is 21.3. The summed E-state index contributed by atoms with van der Waals surface area (Å²) in [5.41, 5.74) is 1.79. The van der Waals surface area contributed by atoms with Gasteiger partial charge in [0.25, 0.3) is 11.8 Å².